The molecule has 0 aromatic heterocycles. The van der Waals surface area contributed by atoms with E-state index in [4.69, 9.17) is 15.0 Å². The average Bonchev–Trinajstić information content (AvgIpc) is 3.02. The average molecular weight is 401 g/mol. The SMILES string of the molecule is CNOC(=N)N1[C@@H]2CC[C@H]1CC(N1CCC(C(=O)OCc3ccccc3)CC1)C2. The zero-order chi connectivity index (χ0) is 20.2. The van der Waals surface area contributed by atoms with Gasteiger partial charge >= 0.3 is 12.0 Å². The van der Waals surface area contributed by atoms with Gasteiger partial charge in [0, 0.05) is 25.2 Å². The van der Waals surface area contributed by atoms with E-state index in [0.717, 1.165) is 57.2 Å². The first kappa shape index (κ1) is 20.2. The quantitative estimate of drug-likeness (QED) is 0.342. The third kappa shape index (κ3) is 4.56. The minimum Gasteiger partial charge on any atom is -0.461 e. The maximum absolute atomic E-state index is 12.5. The third-order valence-corrected chi connectivity index (χ3v) is 6.74. The summed E-state index contributed by atoms with van der Waals surface area (Å²) in [6, 6.07) is 11.5. The first-order chi connectivity index (χ1) is 14.2. The summed E-state index contributed by atoms with van der Waals surface area (Å²) in [6.07, 6.45) is 6.19. The van der Waals surface area contributed by atoms with E-state index in [9.17, 15) is 4.79 Å². The molecule has 2 N–H and O–H groups in total. The number of nitrogens with one attached hydrogen (secondary N) is 2. The molecule has 3 heterocycles. The lowest BCUT2D eigenvalue weighted by atomic mass is 9.91. The summed E-state index contributed by atoms with van der Waals surface area (Å²) in [6.45, 7) is 2.28. The van der Waals surface area contributed by atoms with E-state index in [-0.39, 0.29) is 17.9 Å². The molecule has 0 radical (unpaired) electrons. The normalized spacial score (nSPS) is 27.6. The number of carbonyl (C=O) groups excluding carboxylic acids is 1. The Balaban J connectivity index is 1.24. The van der Waals surface area contributed by atoms with Gasteiger partial charge in [0.25, 0.3) is 0 Å². The first-order valence-corrected chi connectivity index (χ1v) is 10.8. The van der Waals surface area contributed by atoms with Gasteiger partial charge in [-0.3, -0.25) is 4.79 Å². The monoisotopic (exact) mass is 400 g/mol. The maximum atomic E-state index is 12.5. The van der Waals surface area contributed by atoms with E-state index in [1.54, 1.807) is 7.05 Å². The van der Waals surface area contributed by atoms with Gasteiger partial charge in [0.15, 0.2) is 0 Å². The van der Waals surface area contributed by atoms with E-state index < -0.39 is 0 Å². The topological polar surface area (TPSA) is 77.9 Å². The Hall–Kier alpha value is -2.12. The van der Waals surface area contributed by atoms with Crippen molar-refractivity contribution in [1.82, 2.24) is 15.3 Å². The van der Waals surface area contributed by atoms with Gasteiger partial charge in [0.1, 0.15) is 6.61 Å². The van der Waals surface area contributed by atoms with Crippen molar-refractivity contribution in [2.45, 2.75) is 63.3 Å². The number of piperidine rings is 2. The van der Waals surface area contributed by atoms with Crippen molar-refractivity contribution < 1.29 is 14.4 Å². The van der Waals surface area contributed by atoms with Crippen LogP contribution in [0.15, 0.2) is 30.3 Å². The van der Waals surface area contributed by atoms with E-state index in [0.29, 0.717) is 24.7 Å². The number of amidine groups is 1. The molecule has 7 heteroatoms. The highest BCUT2D eigenvalue weighted by atomic mass is 16.7. The highest BCUT2D eigenvalue weighted by molar-refractivity contribution is 5.72. The molecule has 0 spiro atoms. The summed E-state index contributed by atoms with van der Waals surface area (Å²) >= 11 is 0. The summed E-state index contributed by atoms with van der Waals surface area (Å²) in [7, 11) is 1.69. The fraction of sp³-hybridized carbons (Fsp3) is 0.636. The molecule has 0 amide bonds. The minimum absolute atomic E-state index is 0.0176. The Kier molecular flexibility index (Phi) is 6.35. The highest BCUT2D eigenvalue weighted by Gasteiger charge is 2.45. The molecule has 0 aliphatic carbocycles. The van der Waals surface area contributed by atoms with Gasteiger partial charge in [-0.15, -0.1) is 0 Å². The summed E-state index contributed by atoms with van der Waals surface area (Å²) in [5, 5.41) is 8.15. The van der Waals surface area contributed by atoms with Gasteiger partial charge in [0.05, 0.1) is 5.92 Å². The molecule has 2 bridgehead atoms. The Bertz CT molecular complexity index is 691. The molecule has 4 rings (SSSR count). The zero-order valence-corrected chi connectivity index (χ0v) is 17.2. The summed E-state index contributed by atoms with van der Waals surface area (Å²) in [5.74, 6) is -0.0370. The second-order valence-electron chi connectivity index (χ2n) is 8.43. The number of hydroxylamine groups is 1. The number of hydrogen-bond acceptors (Lipinski definition) is 6. The molecule has 3 aliphatic heterocycles. The van der Waals surface area contributed by atoms with Crippen LogP contribution in [-0.4, -0.2) is 60.1 Å². The predicted molar refractivity (Wildman–Crippen MR) is 110 cm³/mol. The van der Waals surface area contributed by atoms with Crippen molar-refractivity contribution >= 4 is 12.0 Å². The molecular weight excluding hydrogens is 368 g/mol. The molecule has 3 aliphatic rings. The van der Waals surface area contributed by atoms with Crippen LogP contribution in [0, 0.1) is 11.3 Å². The molecule has 7 nitrogen and oxygen atoms in total. The lowest BCUT2D eigenvalue weighted by Crippen LogP contribution is -2.54. The van der Waals surface area contributed by atoms with Gasteiger partial charge < -0.3 is 19.4 Å². The van der Waals surface area contributed by atoms with E-state index in [1.807, 2.05) is 30.3 Å². The zero-order valence-electron chi connectivity index (χ0n) is 17.2. The second-order valence-corrected chi connectivity index (χ2v) is 8.43. The lowest BCUT2D eigenvalue weighted by Gasteiger charge is -2.45. The van der Waals surface area contributed by atoms with Gasteiger partial charge in [-0.25, -0.2) is 5.41 Å². The Morgan fingerprint density at radius 1 is 1.07 bits per heavy atom. The van der Waals surface area contributed by atoms with Crippen LogP contribution in [0.1, 0.15) is 44.1 Å². The largest absolute Gasteiger partial charge is 0.461 e. The number of benzene rings is 1. The Morgan fingerprint density at radius 3 is 2.34 bits per heavy atom. The number of carbonyl (C=O) groups is 1. The molecule has 3 fully saturated rings. The fourth-order valence-corrected chi connectivity index (χ4v) is 5.27. The predicted octanol–water partition coefficient (Wildman–Crippen LogP) is 2.52. The molecule has 0 saturated carbocycles. The number of rotatable bonds is 5. The van der Waals surface area contributed by atoms with Crippen LogP contribution >= 0.6 is 0 Å². The summed E-state index contributed by atoms with van der Waals surface area (Å²) in [4.78, 5) is 22.4. The van der Waals surface area contributed by atoms with Crippen molar-refractivity contribution in [2.75, 3.05) is 20.1 Å². The summed E-state index contributed by atoms with van der Waals surface area (Å²) in [5.41, 5.74) is 3.66. The van der Waals surface area contributed by atoms with Crippen LogP contribution in [0.5, 0.6) is 0 Å². The van der Waals surface area contributed by atoms with E-state index >= 15 is 0 Å². The van der Waals surface area contributed by atoms with Crippen LogP contribution in [0.3, 0.4) is 0 Å². The van der Waals surface area contributed by atoms with Gasteiger partial charge in [-0.1, -0.05) is 30.3 Å². The standard InChI is InChI=1S/C22H32N4O3/c1-24-29-22(23)26-18-7-8-19(26)14-20(13-18)25-11-9-17(10-12-25)21(27)28-15-16-5-3-2-4-6-16/h2-6,17-20,23-24H,7-15H2,1H3/t18-,19+,20?. The van der Waals surface area contributed by atoms with Crippen molar-refractivity contribution in [3.05, 3.63) is 35.9 Å². The number of ether oxygens (including phenoxy) is 1. The summed E-state index contributed by atoms with van der Waals surface area (Å²) < 4.78 is 5.55. The molecule has 3 saturated heterocycles. The highest BCUT2D eigenvalue weighted by Crippen LogP contribution is 2.38. The number of likely N-dealkylation sites (tertiary alicyclic amines) is 1. The van der Waals surface area contributed by atoms with Crippen molar-refractivity contribution in [3.63, 3.8) is 0 Å². The molecular formula is C22H32N4O3. The van der Waals surface area contributed by atoms with Crippen molar-refractivity contribution in [1.29, 1.82) is 5.41 Å². The lowest BCUT2D eigenvalue weighted by molar-refractivity contribution is -0.151. The Labute approximate surface area is 172 Å². The third-order valence-electron chi connectivity index (χ3n) is 6.74. The smallest absolute Gasteiger partial charge is 0.309 e. The minimum atomic E-state index is -0.0546. The van der Waals surface area contributed by atoms with Gasteiger partial charge in [-0.2, -0.15) is 5.48 Å². The molecule has 158 valence electrons. The van der Waals surface area contributed by atoms with Crippen molar-refractivity contribution in [3.8, 4) is 0 Å². The fourth-order valence-electron chi connectivity index (χ4n) is 5.27. The number of hydrogen-bond donors (Lipinski definition) is 2. The van der Waals surface area contributed by atoms with Crippen LogP contribution in [0.25, 0.3) is 0 Å². The van der Waals surface area contributed by atoms with Crippen LogP contribution in [0.2, 0.25) is 0 Å². The molecule has 1 aromatic rings. The van der Waals surface area contributed by atoms with Gasteiger partial charge in [0.2, 0.25) is 0 Å². The molecule has 1 unspecified atom stereocenters. The molecule has 29 heavy (non-hydrogen) atoms. The van der Waals surface area contributed by atoms with Crippen molar-refractivity contribution in [2.24, 2.45) is 5.92 Å². The number of fused-ring (bicyclic) bond motifs is 2. The number of esters is 1. The first-order valence-electron chi connectivity index (χ1n) is 10.8. The van der Waals surface area contributed by atoms with E-state index in [2.05, 4.69) is 15.3 Å². The maximum Gasteiger partial charge on any atom is 0.309 e. The van der Waals surface area contributed by atoms with E-state index in [1.165, 1.54) is 0 Å². The van der Waals surface area contributed by atoms with Gasteiger partial charge in [-0.05, 0) is 57.2 Å². The molecule has 3 atom stereocenters. The van der Waals surface area contributed by atoms with Crippen LogP contribution < -0.4 is 5.48 Å². The second kappa shape index (κ2) is 9.13. The molecule has 1 aromatic carbocycles. The Morgan fingerprint density at radius 2 is 1.72 bits per heavy atom. The van der Waals surface area contributed by atoms with Crippen LogP contribution in [0.4, 0.5) is 0 Å². The van der Waals surface area contributed by atoms with Crippen LogP contribution in [-0.2, 0) is 21.0 Å². The number of nitrogens with zero attached hydrogens (tertiary/aromatic N) is 2.